The molecule has 3 N–H and O–H groups in total. The van der Waals surface area contributed by atoms with Crippen LogP contribution in [0.3, 0.4) is 0 Å². The topological polar surface area (TPSA) is 135 Å². The number of anilines is 2. The van der Waals surface area contributed by atoms with Crippen LogP contribution in [0.4, 0.5) is 10.7 Å². The van der Waals surface area contributed by atoms with Gasteiger partial charge in [-0.3, -0.25) is 19.3 Å². The number of hydrogen-bond donors (Lipinski definition) is 3. The predicted octanol–water partition coefficient (Wildman–Crippen LogP) is 7.64. The molecule has 0 radical (unpaired) electrons. The summed E-state index contributed by atoms with van der Waals surface area (Å²) in [6.07, 6.45) is 2.20. The number of carbonyl (C=O) groups excluding carboxylic acids is 4. The lowest BCUT2D eigenvalue weighted by molar-refractivity contribution is -0.114. The van der Waals surface area contributed by atoms with Gasteiger partial charge >= 0.3 is 5.97 Å². The Labute approximate surface area is 334 Å². The number of nitrogens with zero attached hydrogens (tertiary/aromatic N) is 1. The van der Waals surface area contributed by atoms with Gasteiger partial charge in [0.1, 0.15) is 10.7 Å². The SMILES string of the molecule is CCOC(=O)c1c(NC(=O)CSc2cccc(NC(=O)/C(=C\c3cccc(OC)c3OC)NC(=O)c3ccccc3)c2)sc2c1CCN(Cc1ccccc1)C2. The average molecular weight is 791 g/mol. The lowest BCUT2D eigenvalue weighted by Gasteiger charge is -2.27. The molecule has 13 heteroatoms. The lowest BCUT2D eigenvalue weighted by atomic mass is 10.0. The zero-order valence-electron chi connectivity index (χ0n) is 31.3. The van der Waals surface area contributed by atoms with E-state index in [1.165, 1.54) is 49.0 Å². The number of rotatable bonds is 15. The Balaban J connectivity index is 1.14. The van der Waals surface area contributed by atoms with Gasteiger partial charge in [0.2, 0.25) is 5.91 Å². The van der Waals surface area contributed by atoms with Crippen molar-refractivity contribution in [1.29, 1.82) is 0 Å². The molecule has 1 aliphatic rings. The maximum atomic E-state index is 13.8. The van der Waals surface area contributed by atoms with Crippen LogP contribution in [0.5, 0.6) is 11.5 Å². The summed E-state index contributed by atoms with van der Waals surface area (Å²) in [7, 11) is 3.01. The summed E-state index contributed by atoms with van der Waals surface area (Å²) >= 11 is 2.70. The second-order valence-corrected chi connectivity index (χ2v) is 14.8. The van der Waals surface area contributed by atoms with Crippen LogP contribution < -0.4 is 25.4 Å². The Morgan fingerprint density at radius 2 is 1.62 bits per heavy atom. The monoisotopic (exact) mass is 790 g/mol. The number of methoxy groups -OCH3 is 2. The number of benzene rings is 4. The van der Waals surface area contributed by atoms with Crippen molar-refractivity contribution in [3.8, 4) is 11.5 Å². The fourth-order valence-corrected chi connectivity index (χ4v) is 8.29. The Hall–Kier alpha value is -5.89. The number of ether oxygens (including phenoxy) is 3. The first-order chi connectivity index (χ1) is 27.3. The number of hydrogen-bond acceptors (Lipinski definition) is 10. The molecule has 5 aromatic rings. The molecule has 0 spiro atoms. The van der Waals surface area contributed by atoms with E-state index in [4.69, 9.17) is 14.2 Å². The van der Waals surface area contributed by atoms with E-state index in [1.54, 1.807) is 73.7 Å². The van der Waals surface area contributed by atoms with Crippen LogP contribution in [0.1, 0.15) is 49.2 Å². The molecule has 2 heterocycles. The minimum Gasteiger partial charge on any atom is -0.493 e. The van der Waals surface area contributed by atoms with Crippen LogP contribution in [0.15, 0.2) is 114 Å². The lowest BCUT2D eigenvalue weighted by Crippen LogP contribution is -2.30. The molecule has 6 rings (SSSR count). The van der Waals surface area contributed by atoms with Gasteiger partial charge in [0.25, 0.3) is 11.8 Å². The molecule has 288 valence electrons. The summed E-state index contributed by atoms with van der Waals surface area (Å²) in [6, 6.07) is 31.1. The Kier molecular flexibility index (Phi) is 13.6. The number of nitrogens with one attached hydrogen (secondary N) is 3. The van der Waals surface area contributed by atoms with Gasteiger partial charge in [-0.05, 0) is 66.9 Å². The zero-order chi connectivity index (χ0) is 39.4. The molecule has 4 aromatic carbocycles. The average Bonchev–Trinajstić information content (AvgIpc) is 3.57. The van der Waals surface area contributed by atoms with Crippen molar-refractivity contribution < 1.29 is 33.4 Å². The van der Waals surface area contributed by atoms with Crippen molar-refractivity contribution in [2.45, 2.75) is 31.3 Å². The van der Waals surface area contributed by atoms with Crippen LogP contribution in [-0.4, -0.2) is 61.7 Å². The summed E-state index contributed by atoms with van der Waals surface area (Å²) in [5.74, 6) is -0.850. The van der Waals surface area contributed by atoms with E-state index in [2.05, 4.69) is 33.0 Å². The van der Waals surface area contributed by atoms with E-state index >= 15 is 0 Å². The maximum Gasteiger partial charge on any atom is 0.341 e. The van der Waals surface area contributed by atoms with Gasteiger partial charge in [-0.25, -0.2) is 4.79 Å². The second kappa shape index (κ2) is 19.1. The van der Waals surface area contributed by atoms with Gasteiger partial charge in [0.05, 0.1) is 32.1 Å². The van der Waals surface area contributed by atoms with Gasteiger partial charge in [-0.1, -0.05) is 66.7 Å². The van der Waals surface area contributed by atoms with Gasteiger partial charge in [-0.2, -0.15) is 0 Å². The van der Waals surface area contributed by atoms with Crippen molar-refractivity contribution >= 4 is 63.6 Å². The number of thioether (sulfide) groups is 1. The summed E-state index contributed by atoms with van der Waals surface area (Å²) in [4.78, 5) is 57.6. The number of para-hydroxylation sites is 1. The molecular formula is C43H42N4O7S2. The van der Waals surface area contributed by atoms with Crippen LogP contribution in [-0.2, 0) is 33.8 Å². The van der Waals surface area contributed by atoms with E-state index in [1.807, 2.05) is 24.3 Å². The van der Waals surface area contributed by atoms with E-state index in [0.717, 1.165) is 28.4 Å². The van der Waals surface area contributed by atoms with Crippen LogP contribution in [0.25, 0.3) is 6.08 Å². The largest absolute Gasteiger partial charge is 0.493 e. The predicted molar refractivity (Wildman–Crippen MR) is 220 cm³/mol. The highest BCUT2D eigenvalue weighted by molar-refractivity contribution is 8.00. The maximum absolute atomic E-state index is 13.8. The first-order valence-electron chi connectivity index (χ1n) is 18.0. The van der Waals surface area contributed by atoms with E-state index in [-0.39, 0.29) is 24.0 Å². The number of thiophene rings is 1. The zero-order valence-corrected chi connectivity index (χ0v) is 32.9. The normalized spacial score (nSPS) is 12.6. The highest BCUT2D eigenvalue weighted by Gasteiger charge is 2.30. The standard InChI is InChI=1S/C43H42N4O7S2/c1-4-54-43(51)38-33-21-22-47(25-28-13-7-5-8-14-28)26-36(33)56-42(38)46-37(48)27-55-32-19-12-18-31(24-32)44-41(50)34(45-40(49)29-15-9-6-10-16-29)23-30-17-11-20-35(52-2)39(30)53-3/h5-20,23-24H,4,21-22,25-27H2,1-3H3,(H,44,50)(H,45,49)(H,46,48)/b34-23+. The molecule has 1 aliphatic heterocycles. The molecule has 3 amide bonds. The summed E-state index contributed by atoms with van der Waals surface area (Å²) in [5.41, 5.74) is 3.90. The Morgan fingerprint density at radius 3 is 2.36 bits per heavy atom. The molecule has 1 aromatic heterocycles. The smallest absolute Gasteiger partial charge is 0.341 e. The minimum atomic E-state index is -0.575. The first-order valence-corrected chi connectivity index (χ1v) is 19.8. The van der Waals surface area contributed by atoms with Gasteiger partial charge in [-0.15, -0.1) is 23.1 Å². The molecule has 0 saturated heterocycles. The third-order valence-corrected chi connectivity index (χ3v) is 11.0. The number of esters is 1. The van der Waals surface area contributed by atoms with Crippen molar-refractivity contribution in [3.63, 3.8) is 0 Å². The van der Waals surface area contributed by atoms with Gasteiger partial charge in [0, 0.05) is 46.2 Å². The number of amides is 3. The van der Waals surface area contributed by atoms with E-state index in [0.29, 0.717) is 51.8 Å². The molecule has 0 atom stereocenters. The molecular weight excluding hydrogens is 749 g/mol. The highest BCUT2D eigenvalue weighted by atomic mass is 32.2. The number of fused-ring (bicyclic) bond motifs is 1. The minimum absolute atomic E-state index is 0.0259. The van der Waals surface area contributed by atoms with E-state index < -0.39 is 17.8 Å². The third-order valence-electron chi connectivity index (χ3n) is 8.84. The van der Waals surface area contributed by atoms with Gasteiger partial charge in [0.15, 0.2) is 11.5 Å². The number of carbonyl (C=O) groups is 4. The van der Waals surface area contributed by atoms with Crippen molar-refractivity contribution in [1.82, 2.24) is 10.2 Å². The fraction of sp³-hybridized carbons (Fsp3) is 0.209. The summed E-state index contributed by atoms with van der Waals surface area (Å²) in [5, 5.41) is 9.08. The quantitative estimate of drug-likeness (QED) is 0.0556. The first kappa shape index (κ1) is 39.8. The third kappa shape index (κ3) is 10.0. The molecule has 56 heavy (non-hydrogen) atoms. The van der Waals surface area contributed by atoms with Crippen molar-refractivity contribution in [2.24, 2.45) is 0 Å². The van der Waals surface area contributed by atoms with Gasteiger partial charge < -0.3 is 30.2 Å². The molecule has 0 fully saturated rings. The highest BCUT2D eigenvalue weighted by Crippen LogP contribution is 2.38. The molecule has 11 nitrogen and oxygen atoms in total. The Morgan fingerprint density at radius 1 is 0.875 bits per heavy atom. The van der Waals surface area contributed by atoms with Crippen molar-refractivity contribution in [2.75, 3.05) is 43.8 Å². The summed E-state index contributed by atoms with van der Waals surface area (Å²) in [6.45, 7) is 4.24. The molecule has 0 aliphatic carbocycles. The summed E-state index contributed by atoms with van der Waals surface area (Å²) < 4.78 is 16.4. The van der Waals surface area contributed by atoms with Crippen LogP contribution in [0.2, 0.25) is 0 Å². The molecule has 0 unspecified atom stereocenters. The van der Waals surface area contributed by atoms with Crippen LogP contribution >= 0.6 is 23.1 Å². The van der Waals surface area contributed by atoms with E-state index in [9.17, 15) is 19.2 Å². The van der Waals surface area contributed by atoms with Crippen LogP contribution in [0, 0.1) is 0 Å². The Bertz CT molecular complexity index is 2220. The van der Waals surface area contributed by atoms with Crippen molar-refractivity contribution in [3.05, 3.63) is 142 Å². The molecule has 0 saturated carbocycles. The second-order valence-electron chi connectivity index (χ2n) is 12.7. The fourth-order valence-electron chi connectivity index (χ4n) is 6.24. The molecule has 0 bridgehead atoms.